The third-order valence-corrected chi connectivity index (χ3v) is 5.87. The molecule has 1 fully saturated rings. The number of methoxy groups -OCH3 is 2. The summed E-state index contributed by atoms with van der Waals surface area (Å²) in [5, 5.41) is 12.6. The van der Waals surface area contributed by atoms with Crippen LogP contribution in [0, 0.1) is 6.92 Å². The van der Waals surface area contributed by atoms with Crippen molar-refractivity contribution in [3.63, 3.8) is 0 Å². The molecule has 0 aliphatic carbocycles. The summed E-state index contributed by atoms with van der Waals surface area (Å²) >= 11 is 0. The van der Waals surface area contributed by atoms with Crippen LogP contribution in [0.2, 0.25) is 0 Å². The molecule has 1 unspecified atom stereocenters. The van der Waals surface area contributed by atoms with Crippen LogP contribution in [0.1, 0.15) is 40.7 Å². The average molecular weight is 460 g/mol. The Kier molecular flexibility index (Phi) is 5.70. The van der Waals surface area contributed by atoms with E-state index in [9.17, 15) is 4.79 Å². The van der Waals surface area contributed by atoms with Gasteiger partial charge < -0.3 is 18.9 Å². The number of nitrogens with zero attached hydrogens (tertiary/aromatic N) is 6. The van der Waals surface area contributed by atoms with E-state index in [2.05, 4.69) is 20.3 Å². The molecule has 0 N–H and O–H groups in total. The third-order valence-electron chi connectivity index (χ3n) is 5.87. The highest BCUT2D eigenvalue weighted by molar-refractivity contribution is 5.98. The highest BCUT2D eigenvalue weighted by Crippen LogP contribution is 2.35. The molecular formula is C24H24N6O4. The Labute approximate surface area is 196 Å². The van der Waals surface area contributed by atoms with Crippen molar-refractivity contribution in [3.05, 3.63) is 65.8 Å². The van der Waals surface area contributed by atoms with Crippen LogP contribution in [0.4, 0.5) is 0 Å². The van der Waals surface area contributed by atoms with Crippen molar-refractivity contribution in [1.82, 2.24) is 30.0 Å². The van der Waals surface area contributed by atoms with Gasteiger partial charge in [-0.3, -0.25) is 4.79 Å². The molecule has 2 aromatic heterocycles. The molecule has 0 radical (unpaired) electrons. The first kappa shape index (κ1) is 21.6. The number of hydrogen-bond acceptors (Lipinski definition) is 8. The van der Waals surface area contributed by atoms with Crippen molar-refractivity contribution in [3.8, 4) is 28.6 Å². The standard InChI is InChI=1S/C24H24N6O4/c1-15-6-7-20(30-25-8-9-26-30)19(11-15)24(31)29-10-4-5-21(29)23-27-22(28-34-23)16-12-17(32-2)14-18(13-16)33-3/h6-9,11-14,21H,4-5,10H2,1-3H3. The lowest BCUT2D eigenvalue weighted by Gasteiger charge is -2.23. The zero-order chi connectivity index (χ0) is 23.7. The zero-order valence-electron chi connectivity index (χ0n) is 19.1. The second-order valence-corrected chi connectivity index (χ2v) is 8.05. The second kappa shape index (κ2) is 8.97. The summed E-state index contributed by atoms with van der Waals surface area (Å²) in [6.07, 6.45) is 4.73. The van der Waals surface area contributed by atoms with Crippen LogP contribution in [-0.2, 0) is 0 Å². The molecule has 3 heterocycles. The SMILES string of the molecule is COc1cc(OC)cc(-c2noc(C3CCCN3C(=O)c3cc(C)ccc3-n3nccn3)n2)c1. The van der Waals surface area contributed by atoms with Gasteiger partial charge in [-0.05, 0) is 44.0 Å². The number of ether oxygens (including phenoxy) is 2. The van der Waals surface area contributed by atoms with Crippen molar-refractivity contribution >= 4 is 5.91 Å². The predicted octanol–water partition coefficient (Wildman–Crippen LogP) is 3.62. The monoisotopic (exact) mass is 460 g/mol. The number of likely N-dealkylation sites (tertiary alicyclic amines) is 1. The van der Waals surface area contributed by atoms with Crippen molar-refractivity contribution in [2.24, 2.45) is 0 Å². The smallest absolute Gasteiger partial charge is 0.256 e. The van der Waals surface area contributed by atoms with Gasteiger partial charge in [-0.1, -0.05) is 16.8 Å². The van der Waals surface area contributed by atoms with E-state index in [0.29, 0.717) is 46.6 Å². The fourth-order valence-corrected chi connectivity index (χ4v) is 4.18. The van der Waals surface area contributed by atoms with Gasteiger partial charge in [0.05, 0.1) is 37.9 Å². The van der Waals surface area contributed by atoms with Gasteiger partial charge in [0, 0.05) is 18.2 Å². The lowest BCUT2D eigenvalue weighted by molar-refractivity contribution is 0.0709. The molecule has 1 amide bonds. The largest absolute Gasteiger partial charge is 0.497 e. The number of aryl methyl sites for hydroxylation is 1. The Balaban J connectivity index is 1.46. The van der Waals surface area contributed by atoms with Gasteiger partial charge in [-0.25, -0.2) is 0 Å². The first-order chi connectivity index (χ1) is 16.6. The number of hydrogen-bond donors (Lipinski definition) is 0. The highest BCUT2D eigenvalue weighted by atomic mass is 16.5. The maximum Gasteiger partial charge on any atom is 0.256 e. The van der Waals surface area contributed by atoms with Crippen molar-refractivity contribution in [1.29, 1.82) is 0 Å². The second-order valence-electron chi connectivity index (χ2n) is 8.05. The zero-order valence-corrected chi connectivity index (χ0v) is 19.1. The van der Waals surface area contributed by atoms with E-state index in [4.69, 9.17) is 14.0 Å². The Morgan fingerprint density at radius 3 is 2.50 bits per heavy atom. The van der Waals surface area contributed by atoms with Crippen LogP contribution >= 0.6 is 0 Å². The minimum atomic E-state index is -0.319. The molecule has 2 aromatic carbocycles. The summed E-state index contributed by atoms with van der Waals surface area (Å²) in [6.45, 7) is 2.54. The molecular weight excluding hydrogens is 436 g/mol. The van der Waals surface area contributed by atoms with E-state index in [1.807, 2.05) is 37.3 Å². The van der Waals surface area contributed by atoms with Crippen LogP contribution in [0.15, 0.2) is 53.3 Å². The van der Waals surface area contributed by atoms with Gasteiger partial charge in [-0.15, -0.1) is 0 Å². The fourth-order valence-electron chi connectivity index (χ4n) is 4.18. The Morgan fingerprint density at radius 2 is 1.79 bits per heavy atom. The summed E-state index contributed by atoms with van der Waals surface area (Å²) in [4.78, 5) is 21.5. The first-order valence-electron chi connectivity index (χ1n) is 10.9. The van der Waals surface area contributed by atoms with Crippen LogP contribution in [0.25, 0.3) is 17.1 Å². The van der Waals surface area contributed by atoms with Crippen LogP contribution in [0.5, 0.6) is 11.5 Å². The number of aromatic nitrogens is 5. The summed E-state index contributed by atoms with van der Waals surface area (Å²) in [7, 11) is 3.17. The van der Waals surface area contributed by atoms with Gasteiger partial charge in [0.1, 0.15) is 17.5 Å². The summed E-state index contributed by atoms with van der Waals surface area (Å²) in [5.74, 6) is 1.92. The maximum absolute atomic E-state index is 13.7. The van der Waals surface area contributed by atoms with Crippen molar-refractivity contribution in [2.45, 2.75) is 25.8 Å². The summed E-state index contributed by atoms with van der Waals surface area (Å²) in [6, 6.07) is 10.7. The van der Waals surface area contributed by atoms with E-state index >= 15 is 0 Å². The summed E-state index contributed by atoms with van der Waals surface area (Å²) < 4.78 is 16.3. The fraction of sp³-hybridized carbons (Fsp3) is 0.292. The highest BCUT2D eigenvalue weighted by Gasteiger charge is 2.36. The number of benzene rings is 2. The van der Waals surface area contributed by atoms with E-state index in [1.165, 1.54) is 4.80 Å². The number of carbonyl (C=O) groups excluding carboxylic acids is 1. The molecule has 1 aliphatic rings. The molecule has 0 spiro atoms. The molecule has 0 saturated carbocycles. The molecule has 5 rings (SSSR count). The van der Waals surface area contributed by atoms with E-state index in [-0.39, 0.29) is 11.9 Å². The quantitative estimate of drug-likeness (QED) is 0.429. The van der Waals surface area contributed by atoms with Gasteiger partial charge in [0.25, 0.3) is 5.91 Å². The molecule has 34 heavy (non-hydrogen) atoms. The lowest BCUT2D eigenvalue weighted by Crippen LogP contribution is -2.31. The van der Waals surface area contributed by atoms with Crippen LogP contribution < -0.4 is 9.47 Å². The molecule has 0 bridgehead atoms. The van der Waals surface area contributed by atoms with Crippen molar-refractivity contribution < 1.29 is 18.8 Å². The summed E-state index contributed by atoms with van der Waals surface area (Å²) in [5.41, 5.74) is 2.83. The van der Waals surface area contributed by atoms with Gasteiger partial charge in [0.15, 0.2) is 0 Å². The lowest BCUT2D eigenvalue weighted by atomic mass is 10.1. The maximum atomic E-state index is 13.7. The molecule has 174 valence electrons. The van der Waals surface area contributed by atoms with E-state index in [0.717, 1.165) is 18.4 Å². The van der Waals surface area contributed by atoms with E-state index < -0.39 is 0 Å². The molecule has 10 nitrogen and oxygen atoms in total. The normalized spacial score (nSPS) is 15.5. The number of rotatable bonds is 6. The molecule has 1 atom stereocenters. The van der Waals surface area contributed by atoms with Crippen LogP contribution in [0.3, 0.4) is 0 Å². The molecule has 4 aromatic rings. The van der Waals surface area contributed by atoms with Crippen molar-refractivity contribution in [2.75, 3.05) is 20.8 Å². The molecule has 1 saturated heterocycles. The Morgan fingerprint density at radius 1 is 1.06 bits per heavy atom. The number of carbonyl (C=O) groups is 1. The Hall–Kier alpha value is -4.21. The van der Waals surface area contributed by atoms with Gasteiger partial charge in [-0.2, -0.15) is 20.0 Å². The third kappa shape index (κ3) is 3.98. The number of amides is 1. The molecule has 1 aliphatic heterocycles. The van der Waals surface area contributed by atoms with Gasteiger partial charge in [0.2, 0.25) is 11.7 Å². The van der Waals surface area contributed by atoms with Crippen LogP contribution in [-0.4, -0.2) is 56.7 Å². The minimum Gasteiger partial charge on any atom is -0.497 e. The first-order valence-corrected chi connectivity index (χ1v) is 10.9. The molecule has 10 heteroatoms. The van der Waals surface area contributed by atoms with E-state index in [1.54, 1.807) is 37.6 Å². The predicted molar refractivity (Wildman–Crippen MR) is 122 cm³/mol. The topological polar surface area (TPSA) is 108 Å². The van der Waals surface area contributed by atoms with Gasteiger partial charge >= 0.3 is 0 Å². The Bertz CT molecular complexity index is 1290. The minimum absolute atomic E-state index is 0.124. The average Bonchev–Trinajstić information content (AvgIpc) is 3.64.